The fourth-order valence-corrected chi connectivity index (χ4v) is 6.91. The second-order valence-electron chi connectivity index (χ2n) is 9.43. The molecule has 4 rings (SSSR count). The van der Waals surface area contributed by atoms with Gasteiger partial charge >= 0.3 is 5.97 Å². The minimum absolute atomic E-state index is 0.0111. The van der Waals surface area contributed by atoms with Crippen LogP contribution >= 0.6 is 0 Å². The number of rotatable bonds is 10. The summed E-state index contributed by atoms with van der Waals surface area (Å²) in [6.45, 7) is 4.98. The van der Waals surface area contributed by atoms with E-state index < -0.39 is 26.0 Å². The van der Waals surface area contributed by atoms with Crippen LogP contribution in [0.4, 0.5) is 11.4 Å². The first kappa shape index (κ1) is 30.5. The van der Waals surface area contributed by atoms with Crippen LogP contribution < -0.4 is 18.9 Å². The Labute approximate surface area is 245 Å². The number of carbonyl (C=O) groups is 1. The molecule has 0 unspecified atom stereocenters. The Bertz CT molecular complexity index is 1850. The van der Waals surface area contributed by atoms with Gasteiger partial charge in [0.25, 0.3) is 20.0 Å². The van der Waals surface area contributed by atoms with Gasteiger partial charge in [-0.1, -0.05) is 17.7 Å². The summed E-state index contributed by atoms with van der Waals surface area (Å²) >= 11 is 0. The minimum atomic E-state index is -4.46. The lowest BCUT2D eigenvalue weighted by Crippen LogP contribution is -2.20. The Kier molecular flexibility index (Phi) is 8.55. The van der Waals surface area contributed by atoms with Gasteiger partial charge in [-0.25, -0.2) is 21.6 Å². The second kappa shape index (κ2) is 11.8. The average molecular weight is 614 g/mol. The number of sulfonamides is 2. The van der Waals surface area contributed by atoms with Gasteiger partial charge in [-0.3, -0.25) is 9.44 Å². The van der Waals surface area contributed by atoms with E-state index in [1.54, 1.807) is 61.9 Å². The molecule has 222 valence electrons. The number of ether oxygens (including phenoxy) is 3. The Balaban J connectivity index is 1.80. The number of anilines is 2. The highest BCUT2D eigenvalue weighted by Gasteiger charge is 2.32. The average Bonchev–Trinajstić information content (AvgIpc) is 3.19. The van der Waals surface area contributed by atoms with Gasteiger partial charge in [0.1, 0.15) is 27.7 Å². The number of hydrogen-bond donors (Lipinski definition) is 2. The summed E-state index contributed by atoms with van der Waals surface area (Å²) in [6, 6.07) is 17.1. The van der Waals surface area contributed by atoms with Crippen LogP contribution in [0.2, 0.25) is 0 Å². The highest BCUT2D eigenvalue weighted by molar-refractivity contribution is 7.93. The Morgan fingerprint density at radius 2 is 1.29 bits per heavy atom. The van der Waals surface area contributed by atoms with E-state index in [0.29, 0.717) is 17.2 Å². The third kappa shape index (κ3) is 6.21. The fraction of sp³-hybridized carbons (Fsp3) is 0.207. The molecule has 0 aliphatic rings. The Morgan fingerprint density at radius 1 is 0.714 bits per heavy atom. The van der Waals surface area contributed by atoms with Gasteiger partial charge < -0.3 is 18.8 Å². The molecule has 0 spiro atoms. The molecule has 42 heavy (non-hydrogen) atoms. The van der Waals surface area contributed by atoms with Crippen LogP contribution in [0, 0.1) is 20.8 Å². The molecule has 0 amide bonds. The number of benzene rings is 3. The van der Waals surface area contributed by atoms with Gasteiger partial charge in [-0.2, -0.15) is 0 Å². The van der Waals surface area contributed by atoms with Crippen molar-refractivity contribution in [3.05, 3.63) is 89.2 Å². The molecule has 0 fully saturated rings. The van der Waals surface area contributed by atoms with Crippen LogP contribution in [0.3, 0.4) is 0 Å². The smallest absolute Gasteiger partial charge is 0.341 e. The summed E-state index contributed by atoms with van der Waals surface area (Å²) in [4.78, 5) is 12.3. The van der Waals surface area contributed by atoms with E-state index in [-0.39, 0.29) is 38.2 Å². The summed E-state index contributed by atoms with van der Waals surface area (Å²) in [7, 11) is -4.25. The first-order chi connectivity index (χ1) is 19.8. The number of nitrogens with one attached hydrogen (secondary N) is 2. The molecule has 3 aromatic carbocycles. The first-order valence-corrected chi connectivity index (χ1v) is 15.6. The second-order valence-corrected chi connectivity index (χ2v) is 12.7. The standard InChI is InChI=1S/C29H31N3O8S2/c1-18-7-14-24(15-8-18)41(34,35)30-25-16-13-23(40-22-11-9-21(38-5)10-12-22)17-26(25)31-42(36,37)28-20(3)32(4)19(2)27(28)29(33)39-6/h7-17,30-31H,1-6H3. The topological polar surface area (TPSA) is 142 Å². The predicted molar refractivity (Wildman–Crippen MR) is 159 cm³/mol. The van der Waals surface area contributed by atoms with Crippen LogP contribution in [0.15, 0.2) is 76.5 Å². The lowest BCUT2D eigenvalue weighted by atomic mass is 10.2. The fourth-order valence-electron chi connectivity index (χ4n) is 4.25. The Morgan fingerprint density at radius 3 is 1.88 bits per heavy atom. The summed E-state index contributed by atoms with van der Waals surface area (Å²) in [5, 5.41) is 0. The van der Waals surface area contributed by atoms with Crippen LogP contribution in [0.1, 0.15) is 27.3 Å². The summed E-state index contributed by atoms with van der Waals surface area (Å²) in [5.74, 6) is 0.436. The maximum Gasteiger partial charge on any atom is 0.341 e. The van der Waals surface area contributed by atoms with E-state index in [2.05, 4.69) is 9.44 Å². The highest BCUT2D eigenvalue weighted by atomic mass is 32.2. The molecule has 2 N–H and O–H groups in total. The molecule has 4 aromatic rings. The number of aryl methyl sites for hydroxylation is 1. The van der Waals surface area contributed by atoms with E-state index in [4.69, 9.17) is 14.2 Å². The zero-order valence-electron chi connectivity index (χ0n) is 23.9. The van der Waals surface area contributed by atoms with Crippen molar-refractivity contribution in [3.8, 4) is 17.2 Å². The number of hydrogen-bond acceptors (Lipinski definition) is 8. The van der Waals surface area contributed by atoms with Crippen LogP contribution in [-0.4, -0.2) is 41.6 Å². The number of carbonyl (C=O) groups excluding carboxylic acids is 1. The molecule has 13 heteroatoms. The molecular formula is C29H31N3O8S2. The third-order valence-corrected chi connectivity index (χ3v) is 9.60. The maximum absolute atomic E-state index is 13.8. The predicted octanol–water partition coefficient (Wildman–Crippen LogP) is 5.14. The monoisotopic (exact) mass is 613 g/mol. The van der Waals surface area contributed by atoms with Gasteiger partial charge in [0.2, 0.25) is 0 Å². The minimum Gasteiger partial charge on any atom is -0.497 e. The Hall–Kier alpha value is -4.49. The van der Waals surface area contributed by atoms with Crippen LogP contribution in [-0.2, 0) is 31.8 Å². The quantitative estimate of drug-likeness (QED) is 0.234. The number of nitrogens with zero attached hydrogens (tertiary/aromatic N) is 1. The lowest BCUT2D eigenvalue weighted by Gasteiger charge is -2.17. The van der Waals surface area contributed by atoms with E-state index in [1.165, 1.54) is 37.4 Å². The molecule has 0 saturated heterocycles. The number of aromatic nitrogens is 1. The summed E-state index contributed by atoms with van der Waals surface area (Å²) < 4.78 is 76.5. The molecular weight excluding hydrogens is 582 g/mol. The van der Waals surface area contributed by atoms with Gasteiger partial charge in [0.15, 0.2) is 0 Å². The zero-order chi connectivity index (χ0) is 30.8. The van der Waals surface area contributed by atoms with E-state index in [1.807, 2.05) is 6.92 Å². The van der Waals surface area contributed by atoms with Crippen molar-refractivity contribution in [2.24, 2.45) is 7.05 Å². The number of methoxy groups -OCH3 is 2. The van der Waals surface area contributed by atoms with Crippen LogP contribution in [0.25, 0.3) is 0 Å². The largest absolute Gasteiger partial charge is 0.497 e. The third-order valence-electron chi connectivity index (χ3n) is 6.69. The maximum atomic E-state index is 13.8. The van der Waals surface area contributed by atoms with Crippen molar-refractivity contribution in [3.63, 3.8) is 0 Å². The van der Waals surface area contributed by atoms with Crippen LogP contribution in [0.5, 0.6) is 17.2 Å². The van der Waals surface area contributed by atoms with Crippen molar-refractivity contribution in [2.75, 3.05) is 23.7 Å². The molecule has 11 nitrogen and oxygen atoms in total. The van der Waals surface area contributed by atoms with Crippen molar-refractivity contribution in [2.45, 2.75) is 30.6 Å². The van der Waals surface area contributed by atoms with Gasteiger partial charge in [-0.05, 0) is 69.3 Å². The van der Waals surface area contributed by atoms with Gasteiger partial charge in [-0.15, -0.1) is 0 Å². The molecule has 1 heterocycles. The van der Waals surface area contributed by atoms with E-state index >= 15 is 0 Å². The van der Waals surface area contributed by atoms with Crippen molar-refractivity contribution >= 4 is 37.4 Å². The zero-order valence-corrected chi connectivity index (χ0v) is 25.5. The normalized spacial score (nSPS) is 11.6. The summed E-state index contributed by atoms with van der Waals surface area (Å²) in [6.07, 6.45) is 0. The molecule has 0 aliphatic heterocycles. The van der Waals surface area contributed by atoms with Crippen molar-refractivity contribution in [1.82, 2.24) is 4.57 Å². The molecule has 0 radical (unpaired) electrons. The molecule has 0 atom stereocenters. The molecule has 1 aromatic heterocycles. The molecule has 0 bridgehead atoms. The number of esters is 1. The highest BCUT2D eigenvalue weighted by Crippen LogP contribution is 2.35. The molecule has 0 saturated carbocycles. The SMILES string of the molecule is COC(=O)c1c(S(=O)(=O)Nc2cc(Oc3ccc(OC)cc3)ccc2NS(=O)(=O)c2ccc(C)cc2)c(C)n(C)c1C. The van der Waals surface area contributed by atoms with Crippen molar-refractivity contribution < 1.29 is 35.8 Å². The lowest BCUT2D eigenvalue weighted by molar-refractivity contribution is 0.0595. The van der Waals surface area contributed by atoms with Gasteiger partial charge in [0.05, 0.1) is 30.5 Å². The van der Waals surface area contributed by atoms with Crippen molar-refractivity contribution in [1.29, 1.82) is 0 Å². The summed E-state index contributed by atoms with van der Waals surface area (Å²) in [5.41, 5.74) is 1.22. The van der Waals surface area contributed by atoms with E-state index in [9.17, 15) is 21.6 Å². The van der Waals surface area contributed by atoms with Gasteiger partial charge in [0, 0.05) is 24.5 Å². The van der Waals surface area contributed by atoms with E-state index in [0.717, 1.165) is 12.7 Å². The first-order valence-electron chi connectivity index (χ1n) is 12.6. The molecule has 0 aliphatic carbocycles.